The number of nitrogens with zero attached hydrogens (tertiary/aromatic N) is 2. The van der Waals surface area contributed by atoms with Gasteiger partial charge in [0.05, 0.1) is 0 Å². The van der Waals surface area contributed by atoms with Crippen LogP contribution in [0.5, 0.6) is 0 Å². The van der Waals surface area contributed by atoms with Crippen LogP contribution in [-0.2, 0) is 16.6 Å². The lowest BCUT2D eigenvalue weighted by Crippen LogP contribution is -2.29. The lowest BCUT2D eigenvalue weighted by Gasteiger charge is -2.09. The van der Waals surface area contributed by atoms with E-state index in [2.05, 4.69) is 16.7 Å². The third-order valence-electron chi connectivity index (χ3n) is 3.16. The summed E-state index contributed by atoms with van der Waals surface area (Å²) in [5.41, 5.74) is 5.73. The molecule has 1 aliphatic carbocycles. The van der Waals surface area contributed by atoms with E-state index >= 15 is 0 Å². The smallest absolute Gasteiger partial charge is 0.245 e. The molecule has 0 saturated heterocycles. The molecule has 7 heteroatoms. The van der Waals surface area contributed by atoms with Crippen molar-refractivity contribution in [1.82, 2.24) is 14.5 Å². The quantitative estimate of drug-likeness (QED) is 0.807. The highest BCUT2D eigenvalue weighted by Crippen LogP contribution is 2.44. The molecule has 2 rings (SSSR count). The molecule has 0 unspecified atom stereocenters. The summed E-state index contributed by atoms with van der Waals surface area (Å²) in [4.78, 5) is 0.0728. The molecule has 1 aromatic heterocycles. The summed E-state index contributed by atoms with van der Waals surface area (Å²) < 4.78 is 28.1. The summed E-state index contributed by atoms with van der Waals surface area (Å²) in [6, 6.07) is 0. The molecule has 0 atom stereocenters. The Morgan fingerprint density at radius 1 is 1.59 bits per heavy atom. The summed E-state index contributed by atoms with van der Waals surface area (Å²) in [5.74, 6) is 0.0558. The Morgan fingerprint density at radius 2 is 2.24 bits per heavy atom. The van der Waals surface area contributed by atoms with E-state index in [0.717, 1.165) is 12.8 Å². The van der Waals surface area contributed by atoms with Gasteiger partial charge in [-0.25, -0.2) is 13.1 Å². The van der Waals surface area contributed by atoms with Crippen molar-refractivity contribution in [1.29, 1.82) is 0 Å². The van der Waals surface area contributed by atoms with Gasteiger partial charge >= 0.3 is 0 Å². The molecule has 1 heterocycles. The van der Waals surface area contributed by atoms with Gasteiger partial charge in [0, 0.05) is 19.3 Å². The molecule has 0 spiro atoms. The van der Waals surface area contributed by atoms with Crippen LogP contribution < -0.4 is 10.5 Å². The van der Waals surface area contributed by atoms with Gasteiger partial charge in [-0.2, -0.15) is 5.10 Å². The normalized spacial score (nSPS) is 18.2. The Hall–Kier alpha value is -1.08. The van der Waals surface area contributed by atoms with Crippen LogP contribution in [0.2, 0.25) is 0 Å². The minimum absolute atomic E-state index is 0.0558. The molecule has 0 radical (unpaired) electrons. The Morgan fingerprint density at radius 3 is 2.71 bits per heavy atom. The second-order valence-corrected chi connectivity index (χ2v) is 6.60. The highest BCUT2D eigenvalue weighted by atomic mass is 32.2. The van der Waals surface area contributed by atoms with Crippen LogP contribution >= 0.6 is 0 Å². The van der Waals surface area contributed by atoms with E-state index in [1.54, 1.807) is 0 Å². The topological polar surface area (TPSA) is 90.0 Å². The highest BCUT2D eigenvalue weighted by molar-refractivity contribution is 7.89. The summed E-state index contributed by atoms with van der Waals surface area (Å²) in [5, 5.41) is 3.93. The van der Waals surface area contributed by atoms with Crippen LogP contribution in [0.4, 0.5) is 5.82 Å². The molecule has 6 nitrogen and oxygen atoms in total. The summed E-state index contributed by atoms with van der Waals surface area (Å²) in [7, 11) is -3.53. The Bertz CT molecular complexity index is 516. The number of nitrogens with one attached hydrogen (secondary N) is 1. The molecule has 1 aliphatic rings. The van der Waals surface area contributed by atoms with E-state index < -0.39 is 10.0 Å². The van der Waals surface area contributed by atoms with Crippen LogP contribution in [0.15, 0.2) is 11.1 Å². The lowest BCUT2D eigenvalue weighted by molar-refractivity contribution is 0.530. The van der Waals surface area contributed by atoms with Gasteiger partial charge in [0.2, 0.25) is 10.0 Å². The first-order chi connectivity index (χ1) is 7.86. The molecule has 1 saturated carbocycles. The molecule has 3 N–H and O–H groups in total. The zero-order chi connectivity index (χ0) is 12.7. The number of rotatable bonds is 5. The zero-order valence-electron chi connectivity index (χ0n) is 10.1. The van der Waals surface area contributed by atoms with Crippen molar-refractivity contribution in [2.75, 3.05) is 12.3 Å². The summed E-state index contributed by atoms with van der Waals surface area (Å²) in [6.07, 6.45) is 3.60. The number of hydrogen-bond donors (Lipinski definition) is 2. The minimum atomic E-state index is -3.53. The summed E-state index contributed by atoms with van der Waals surface area (Å²) in [6.45, 7) is 5.00. The molecule has 1 fully saturated rings. The number of hydrogen-bond acceptors (Lipinski definition) is 4. The fourth-order valence-electron chi connectivity index (χ4n) is 1.52. The van der Waals surface area contributed by atoms with E-state index in [-0.39, 0.29) is 16.1 Å². The van der Waals surface area contributed by atoms with Gasteiger partial charge < -0.3 is 5.73 Å². The van der Waals surface area contributed by atoms with Gasteiger partial charge in [0.1, 0.15) is 4.90 Å². The standard InChI is InChI=1S/C10H18N4O2S/c1-3-14-6-8(9(11)13-14)17(15,16)12-7-10(2)4-5-10/h6,12H,3-5,7H2,1-2H3,(H2,11,13). The fraction of sp³-hybridized carbons (Fsp3) is 0.700. The predicted molar refractivity (Wildman–Crippen MR) is 64.8 cm³/mol. The van der Waals surface area contributed by atoms with E-state index in [1.165, 1.54) is 10.9 Å². The maximum absolute atomic E-state index is 12.0. The Kier molecular flexibility index (Phi) is 2.90. The van der Waals surface area contributed by atoms with Crippen molar-refractivity contribution in [3.63, 3.8) is 0 Å². The van der Waals surface area contributed by atoms with Crippen LogP contribution in [0.3, 0.4) is 0 Å². The second-order valence-electron chi connectivity index (χ2n) is 4.87. The first kappa shape index (κ1) is 12.4. The average molecular weight is 258 g/mol. The minimum Gasteiger partial charge on any atom is -0.381 e. The lowest BCUT2D eigenvalue weighted by atomic mass is 10.2. The molecular formula is C10H18N4O2S. The number of sulfonamides is 1. The van der Waals surface area contributed by atoms with Crippen LogP contribution in [0.1, 0.15) is 26.7 Å². The van der Waals surface area contributed by atoms with Crippen LogP contribution in [-0.4, -0.2) is 24.7 Å². The zero-order valence-corrected chi connectivity index (χ0v) is 10.9. The van der Waals surface area contributed by atoms with E-state index in [9.17, 15) is 8.42 Å². The van der Waals surface area contributed by atoms with Crippen molar-refractivity contribution in [3.8, 4) is 0 Å². The number of aromatic nitrogens is 2. The SMILES string of the molecule is CCn1cc(S(=O)(=O)NCC2(C)CC2)c(N)n1. The number of anilines is 1. The number of aryl methyl sites for hydroxylation is 1. The predicted octanol–water partition coefficient (Wildman–Crippen LogP) is 0.564. The molecule has 1 aromatic rings. The third kappa shape index (κ3) is 2.61. The van der Waals surface area contributed by atoms with Gasteiger partial charge in [-0.1, -0.05) is 6.92 Å². The largest absolute Gasteiger partial charge is 0.381 e. The fourth-order valence-corrected chi connectivity index (χ4v) is 2.79. The first-order valence-corrected chi connectivity index (χ1v) is 7.17. The van der Waals surface area contributed by atoms with Gasteiger partial charge in [0.25, 0.3) is 0 Å². The van der Waals surface area contributed by atoms with Crippen LogP contribution in [0, 0.1) is 5.41 Å². The van der Waals surface area contributed by atoms with Crippen molar-refractivity contribution < 1.29 is 8.42 Å². The van der Waals surface area contributed by atoms with E-state index in [0.29, 0.717) is 13.1 Å². The Labute approximate surface area is 101 Å². The van der Waals surface area contributed by atoms with Gasteiger partial charge in [-0.15, -0.1) is 0 Å². The first-order valence-electron chi connectivity index (χ1n) is 5.69. The molecule has 0 aromatic carbocycles. The molecular weight excluding hydrogens is 240 g/mol. The highest BCUT2D eigenvalue weighted by Gasteiger charge is 2.38. The van der Waals surface area contributed by atoms with Crippen molar-refractivity contribution in [2.45, 2.75) is 38.1 Å². The van der Waals surface area contributed by atoms with Crippen LogP contribution in [0.25, 0.3) is 0 Å². The number of nitrogens with two attached hydrogens (primary N) is 1. The third-order valence-corrected chi connectivity index (χ3v) is 4.58. The Balaban J connectivity index is 2.15. The van der Waals surface area contributed by atoms with E-state index in [4.69, 9.17) is 5.73 Å². The average Bonchev–Trinajstić information content (AvgIpc) is 2.87. The van der Waals surface area contributed by atoms with Gasteiger partial charge in [0.15, 0.2) is 5.82 Å². The molecule has 0 bridgehead atoms. The molecule has 0 amide bonds. The van der Waals surface area contributed by atoms with E-state index in [1.807, 2.05) is 6.92 Å². The summed E-state index contributed by atoms with van der Waals surface area (Å²) >= 11 is 0. The maximum atomic E-state index is 12.0. The van der Waals surface area contributed by atoms with Crippen molar-refractivity contribution >= 4 is 15.8 Å². The molecule has 17 heavy (non-hydrogen) atoms. The van der Waals surface area contributed by atoms with Crippen molar-refractivity contribution in [3.05, 3.63) is 6.20 Å². The van der Waals surface area contributed by atoms with Crippen molar-refractivity contribution in [2.24, 2.45) is 5.41 Å². The maximum Gasteiger partial charge on any atom is 0.245 e. The molecule has 0 aliphatic heterocycles. The van der Waals surface area contributed by atoms with Gasteiger partial charge in [-0.3, -0.25) is 4.68 Å². The second kappa shape index (κ2) is 3.99. The van der Waals surface area contributed by atoms with Gasteiger partial charge in [-0.05, 0) is 25.2 Å². The monoisotopic (exact) mass is 258 g/mol. The molecule has 96 valence electrons. The number of nitrogen functional groups attached to an aromatic ring is 1.